The van der Waals surface area contributed by atoms with Crippen LogP contribution in [0, 0.1) is 0 Å². The second kappa shape index (κ2) is 6.56. The van der Waals surface area contributed by atoms with Crippen LogP contribution < -0.4 is 0 Å². The fourth-order valence-electron chi connectivity index (χ4n) is 0.962. The van der Waals surface area contributed by atoms with Crippen molar-refractivity contribution in [1.82, 2.24) is 0 Å². The maximum Gasteiger partial charge on any atom is 0.308 e. The molecule has 0 aromatic rings. The molecule has 0 rings (SSSR count). The lowest BCUT2D eigenvalue weighted by Gasteiger charge is -2.13. The Balaban J connectivity index is 3.76. The van der Waals surface area contributed by atoms with E-state index in [0.717, 1.165) is 0 Å². The van der Waals surface area contributed by atoms with Crippen LogP contribution in [-0.4, -0.2) is 34.5 Å². The summed E-state index contributed by atoms with van der Waals surface area (Å²) in [4.78, 5) is 11.0. The predicted octanol–water partition coefficient (Wildman–Crippen LogP) is 0.626. The van der Waals surface area contributed by atoms with E-state index in [9.17, 15) is 9.90 Å². The fourth-order valence-corrected chi connectivity index (χ4v) is 0.962. The van der Waals surface area contributed by atoms with Crippen LogP contribution >= 0.6 is 0 Å². The summed E-state index contributed by atoms with van der Waals surface area (Å²) < 4.78 is 4.83. The van der Waals surface area contributed by atoms with Crippen LogP contribution in [0.3, 0.4) is 0 Å². The van der Waals surface area contributed by atoms with Crippen LogP contribution in [0.25, 0.3) is 0 Å². The Bertz CT molecular complexity index is 189. The summed E-state index contributed by atoms with van der Waals surface area (Å²) in [5.41, 5.74) is 0. The molecule has 0 saturated heterocycles. The van der Waals surface area contributed by atoms with Gasteiger partial charge in [0, 0.05) is 6.42 Å². The third-order valence-corrected chi connectivity index (χ3v) is 1.56. The first-order valence-electron chi connectivity index (χ1n) is 4.63. The summed E-state index contributed by atoms with van der Waals surface area (Å²) in [6, 6.07) is 0. The van der Waals surface area contributed by atoms with Crippen molar-refractivity contribution in [3.8, 4) is 0 Å². The average Bonchev–Trinajstić information content (AvgIpc) is 2.01. The molecule has 0 saturated carbocycles. The third-order valence-electron chi connectivity index (χ3n) is 1.56. The van der Waals surface area contributed by atoms with Crippen LogP contribution in [0.4, 0.5) is 0 Å². The van der Waals surface area contributed by atoms with Gasteiger partial charge >= 0.3 is 5.97 Å². The molecule has 4 heteroatoms. The van der Waals surface area contributed by atoms with Gasteiger partial charge in [0.25, 0.3) is 0 Å². The van der Waals surface area contributed by atoms with Crippen LogP contribution in [0.5, 0.6) is 0 Å². The lowest BCUT2D eigenvalue weighted by molar-refractivity contribution is -0.149. The van der Waals surface area contributed by atoms with E-state index in [0.29, 0.717) is 0 Å². The number of hydrogen-bond acceptors (Lipinski definition) is 4. The molecule has 2 atom stereocenters. The van der Waals surface area contributed by atoms with E-state index in [1.807, 2.05) is 0 Å². The monoisotopic (exact) mass is 202 g/mol. The van der Waals surface area contributed by atoms with Crippen LogP contribution in [0.1, 0.15) is 26.7 Å². The second-order valence-corrected chi connectivity index (χ2v) is 3.44. The number of ether oxygens (including phenoxy) is 1. The lowest BCUT2D eigenvalue weighted by atomic mass is 10.1. The molecule has 82 valence electrons. The first kappa shape index (κ1) is 13.1. The predicted molar refractivity (Wildman–Crippen MR) is 52.7 cm³/mol. The van der Waals surface area contributed by atoms with Gasteiger partial charge in [0.05, 0.1) is 24.7 Å². The van der Waals surface area contributed by atoms with Crippen LogP contribution in [0.2, 0.25) is 0 Å². The number of aliphatic hydroxyl groups excluding tert-OH is 2. The zero-order valence-electron chi connectivity index (χ0n) is 8.64. The molecule has 0 unspecified atom stereocenters. The first-order chi connectivity index (χ1) is 6.45. The summed E-state index contributed by atoms with van der Waals surface area (Å²) in [6.45, 7) is 6.84. The Labute approximate surface area is 84.2 Å². The molecule has 0 aliphatic rings. The summed E-state index contributed by atoms with van der Waals surface area (Å²) in [7, 11) is 0. The average molecular weight is 202 g/mol. The zero-order chi connectivity index (χ0) is 11.1. The molecule has 0 aromatic heterocycles. The smallest absolute Gasteiger partial charge is 0.308 e. The largest absolute Gasteiger partial charge is 0.463 e. The highest BCUT2D eigenvalue weighted by Crippen LogP contribution is 2.05. The molecule has 2 N–H and O–H groups in total. The summed E-state index contributed by atoms with van der Waals surface area (Å²) >= 11 is 0. The van der Waals surface area contributed by atoms with Gasteiger partial charge in [-0.2, -0.15) is 0 Å². The van der Waals surface area contributed by atoms with Gasteiger partial charge in [-0.05, 0) is 13.8 Å². The van der Waals surface area contributed by atoms with Gasteiger partial charge in [-0.15, -0.1) is 6.58 Å². The van der Waals surface area contributed by atoms with Crippen molar-refractivity contribution in [2.45, 2.75) is 45.0 Å². The van der Waals surface area contributed by atoms with Gasteiger partial charge in [0.2, 0.25) is 0 Å². The SMILES string of the molecule is C=C[C@@H](O)C[C@@H](O)CC(=O)OC(C)C. The van der Waals surface area contributed by atoms with E-state index in [4.69, 9.17) is 9.84 Å². The quantitative estimate of drug-likeness (QED) is 0.489. The summed E-state index contributed by atoms with van der Waals surface area (Å²) in [5.74, 6) is -0.455. The van der Waals surface area contributed by atoms with Gasteiger partial charge in [-0.3, -0.25) is 4.79 Å². The van der Waals surface area contributed by atoms with Gasteiger partial charge in [-0.1, -0.05) is 6.08 Å². The van der Waals surface area contributed by atoms with E-state index >= 15 is 0 Å². The molecule has 0 fully saturated rings. The third kappa shape index (κ3) is 6.62. The number of carbonyl (C=O) groups is 1. The maximum atomic E-state index is 11.0. The van der Waals surface area contributed by atoms with Crippen molar-refractivity contribution < 1.29 is 19.7 Å². The Hall–Kier alpha value is -0.870. The number of aliphatic hydroxyl groups is 2. The summed E-state index contributed by atoms with van der Waals surface area (Å²) in [5, 5.41) is 18.4. The van der Waals surface area contributed by atoms with Crippen LogP contribution in [0.15, 0.2) is 12.7 Å². The van der Waals surface area contributed by atoms with Gasteiger partial charge in [0.15, 0.2) is 0 Å². The molecule has 0 aliphatic carbocycles. The Morgan fingerprint density at radius 3 is 2.50 bits per heavy atom. The number of hydrogen-bond donors (Lipinski definition) is 2. The highest BCUT2D eigenvalue weighted by molar-refractivity contribution is 5.70. The summed E-state index contributed by atoms with van der Waals surface area (Å²) in [6.07, 6.45) is -0.512. The zero-order valence-corrected chi connectivity index (χ0v) is 8.64. The molecular weight excluding hydrogens is 184 g/mol. The minimum absolute atomic E-state index is 0.0942. The van der Waals surface area contributed by atoms with Gasteiger partial charge in [0.1, 0.15) is 0 Å². The standard InChI is InChI=1S/C10H18O4/c1-4-8(11)5-9(12)6-10(13)14-7(2)3/h4,7-9,11-12H,1,5-6H2,2-3H3/t8-,9-/m1/s1. The van der Waals surface area contributed by atoms with E-state index in [2.05, 4.69) is 6.58 Å². The number of rotatable bonds is 6. The molecular formula is C10H18O4. The minimum Gasteiger partial charge on any atom is -0.463 e. The Kier molecular flexibility index (Phi) is 6.16. The van der Waals surface area contributed by atoms with Crippen molar-refractivity contribution in [3.05, 3.63) is 12.7 Å². The highest BCUT2D eigenvalue weighted by Gasteiger charge is 2.15. The van der Waals surface area contributed by atoms with Crippen molar-refractivity contribution in [1.29, 1.82) is 0 Å². The van der Waals surface area contributed by atoms with Crippen molar-refractivity contribution in [2.24, 2.45) is 0 Å². The topological polar surface area (TPSA) is 66.8 Å². The molecule has 0 aromatic carbocycles. The van der Waals surface area contributed by atoms with Crippen molar-refractivity contribution >= 4 is 5.97 Å². The highest BCUT2D eigenvalue weighted by atomic mass is 16.5. The molecule has 4 nitrogen and oxygen atoms in total. The van der Waals surface area contributed by atoms with E-state index in [1.165, 1.54) is 6.08 Å². The number of esters is 1. The maximum absolute atomic E-state index is 11.0. The fraction of sp³-hybridized carbons (Fsp3) is 0.700. The minimum atomic E-state index is -0.880. The lowest BCUT2D eigenvalue weighted by Crippen LogP contribution is -2.22. The molecule has 0 bridgehead atoms. The number of carbonyl (C=O) groups excluding carboxylic acids is 1. The first-order valence-corrected chi connectivity index (χ1v) is 4.63. The molecule has 0 radical (unpaired) electrons. The van der Waals surface area contributed by atoms with Crippen molar-refractivity contribution in [2.75, 3.05) is 0 Å². The van der Waals surface area contributed by atoms with Gasteiger partial charge < -0.3 is 14.9 Å². The van der Waals surface area contributed by atoms with E-state index < -0.39 is 18.2 Å². The van der Waals surface area contributed by atoms with Crippen molar-refractivity contribution in [3.63, 3.8) is 0 Å². The normalized spacial score (nSPS) is 14.9. The second-order valence-electron chi connectivity index (χ2n) is 3.44. The van der Waals surface area contributed by atoms with E-state index in [1.54, 1.807) is 13.8 Å². The molecule has 0 spiro atoms. The van der Waals surface area contributed by atoms with Gasteiger partial charge in [-0.25, -0.2) is 0 Å². The molecule has 0 heterocycles. The molecule has 0 aliphatic heterocycles. The Morgan fingerprint density at radius 1 is 1.50 bits per heavy atom. The Morgan fingerprint density at radius 2 is 2.07 bits per heavy atom. The van der Waals surface area contributed by atoms with Crippen LogP contribution in [-0.2, 0) is 9.53 Å². The van der Waals surface area contributed by atoms with E-state index in [-0.39, 0.29) is 18.9 Å². The molecule has 14 heavy (non-hydrogen) atoms. The molecule has 0 amide bonds.